The summed E-state index contributed by atoms with van der Waals surface area (Å²) in [5.41, 5.74) is 3.68. The molecule has 2 heterocycles. The number of benzene rings is 2. The zero-order chi connectivity index (χ0) is 19.1. The van der Waals surface area contributed by atoms with Crippen LogP contribution in [0.5, 0.6) is 5.75 Å². The minimum absolute atomic E-state index is 0.0263. The molecule has 0 fully saturated rings. The highest BCUT2D eigenvalue weighted by Gasteiger charge is 2.32. The van der Waals surface area contributed by atoms with Crippen molar-refractivity contribution in [2.24, 2.45) is 0 Å². The molecular weight excluding hydrogens is 352 g/mol. The molecule has 2 aromatic carbocycles. The number of ether oxygens (including phenoxy) is 1. The number of carbonyl (C=O) groups excluding carboxylic acids is 1. The smallest absolute Gasteiger partial charge is 0.387 e. The minimum Gasteiger partial charge on any atom is -0.434 e. The molecule has 4 rings (SSSR count). The molecule has 0 unspecified atom stereocenters. The fourth-order valence-electron chi connectivity index (χ4n) is 3.86. The number of hydrogen-bond acceptors (Lipinski definition) is 3. The van der Waals surface area contributed by atoms with Crippen molar-refractivity contribution < 1.29 is 18.3 Å². The van der Waals surface area contributed by atoms with E-state index in [9.17, 15) is 13.6 Å². The number of nitrogens with zero attached hydrogens (tertiary/aromatic N) is 2. The number of hydrogen-bond donors (Lipinski definition) is 1. The average Bonchev–Trinajstić information content (AvgIpc) is 3.20. The third-order valence-corrected chi connectivity index (χ3v) is 4.96. The summed E-state index contributed by atoms with van der Waals surface area (Å²) in [5, 5.41) is 2.58. The molecule has 0 spiro atoms. The second kappa shape index (κ2) is 6.64. The Morgan fingerprint density at radius 1 is 1.33 bits per heavy atom. The Bertz CT molecular complexity index is 1030. The first-order valence-corrected chi connectivity index (χ1v) is 8.77. The number of carbonyl (C=O) groups is 1. The molecule has 1 amide bonds. The lowest BCUT2D eigenvalue weighted by Crippen LogP contribution is -2.22. The molecule has 0 aliphatic carbocycles. The molecule has 3 aromatic rings. The van der Waals surface area contributed by atoms with Crippen LogP contribution >= 0.6 is 0 Å². The second-order valence-electron chi connectivity index (χ2n) is 6.62. The van der Waals surface area contributed by atoms with E-state index in [1.165, 1.54) is 13.1 Å². The molecule has 0 radical (unpaired) electrons. The third kappa shape index (κ3) is 2.93. The highest BCUT2D eigenvalue weighted by Crippen LogP contribution is 2.41. The maximum atomic E-state index is 13.0. The van der Waals surface area contributed by atoms with Crippen molar-refractivity contribution in [1.82, 2.24) is 14.9 Å². The van der Waals surface area contributed by atoms with Gasteiger partial charge in [-0.25, -0.2) is 4.98 Å². The fourth-order valence-corrected chi connectivity index (χ4v) is 3.86. The van der Waals surface area contributed by atoms with Crippen molar-refractivity contribution in [2.45, 2.75) is 32.4 Å². The number of fused-ring (bicyclic) bond motifs is 3. The van der Waals surface area contributed by atoms with Gasteiger partial charge in [0.15, 0.2) is 0 Å². The van der Waals surface area contributed by atoms with Gasteiger partial charge in [0.1, 0.15) is 11.6 Å². The Kier molecular flexibility index (Phi) is 4.30. The van der Waals surface area contributed by atoms with Gasteiger partial charge in [-0.2, -0.15) is 8.78 Å². The van der Waals surface area contributed by atoms with Crippen LogP contribution in [-0.4, -0.2) is 29.1 Å². The van der Waals surface area contributed by atoms with E-state index in [0.717, 1.165) is 22.4 Å². The van der Waals surface area contributed by atoms with Crippen molar-refractivity contribution >= 4 is 16.9 Å². The standard InChI is InChI=1S/C20H19F2N3O2/c1-11-6-7-13-15(10-11)25-14(8-9-17(25)24-13)18-12(19(26)23-2)4-3-5-16(18)27-20(21)22/h3-7,10,14,20H,8-9H2,1-2H3,(H,23,26)/t14-/m1/s1. The van der Waals surface area contributed by atoms with Crippen LogP contribution in [0.2, 0.25) is 0 Å². The highest BCUT2D eigenvalue weighted by atomic mass is 19.3. The minimum atomic E-state index is -2.97. The zero-order valence-electron chi connectivity index (χ0n) is 15.0. The quantitative estimate of drug-likeness (QED) is 0.758. The first-order valence-electron chi connectivity index (χ1n) is 8.77. The molecule has 5 nitrogen and oxygen atoms in total. The maximum absolute atomic E-state index is 13.0. The summed E-state index contributed by atoms with van der Waals surface area (Å²) >= 11 is 0. The topological polar surface area (TPSA) is 56.1 Å². The van der Waals surface area contributed by atoms with Gasteiger partial charge in [0.05, 0.1) is 17.1 Å². The molecule has 1 aromatic heterocycles. The van der Waals surface area contributed by atoms with Crippen molar-refractivity contribution in [3.05, 3.63) is 58.9 Å². The molecule has 1 N–H and O–H groups in total. The predicted octanol–water partition coefficient (Wildman–Crippen LogP) is 3.84. The van der Waals surface area contributed by atoms with Crippen LogP contribution in [0.3, 0.4) is 0 Å². The fraction of sp³-hybridized carbons (Fsp3) is 0.300. The summed E-state index contributed by atoms with van der Waals surface area (Å²) in [6, 6.07) is 10.3. The summed E-state index contributed by atoms with van der Waals surface area (Å²) < 4.78 is 32.8. The van der Waals surface area contributed by atoms with Gasteiger partial charge in [0.2, 0.25) is 0 Å². The van der Waals surface area contributed by atoms with E-state index in [2.05, 4.69) is 10.3 Å². The van der Waals surface area contributed by atoms with Gasteiger partial charge >= 0.3 is 6.61 Å². The van der Waals surface area contributed by atoms with Crippen molar-refractivity contribution in [2.75, 3.05) is 7.05 Å². The molecule has 7 heteroatoms. The third-order valence-electron chi connectivity index (χ3n) is 4.96. The summed E-state index contributed by atoms with van der Waals surface area (Å²) in [6.45, 7) is -0.973. The summed E-state index contributed by atoms with van der Waals surface area (Å²) in [6.07, 6.45) is 1.37. The normalized spacial score (nSPS) is 16.0. The zero-order valence-corrected chi connectivity index (χ0v) is 15.0. The van der Waals surface area contributed by atoms with Gasteiger partial charge in [-0.1, -0.05) is 12.1 Å². The Hall–Kier alpha value is -2.96. The van der Waals surface area contributed by atoms with E-state index >= 15 is 0 Å². The average molecular weight is 371 g/mol. The van der Waals surface area contributed by atoms with E-state index in [1.807, 2.05) is 29.7 Å². The lowest BCUT2D eigenvalue weighted by molar-refractivity contribution is -0.0507. The molecule has 0 bridgehead atoms. The van der Waals surface area contributed by atoms with Gasteiger partial charge in [0.25, 0.3) is 5.91 Å². The molecule has 27 heavy (non-hydrogen) atoms. The Labute approximate surface area is 155 Å². The Morgan fingerprint density at radius 2 is 2.15 bits per heavy atom. The number of halogens is 2. The van der Waals surface area contributed by atoms with Crippen molar-refractivity contribution in [3.63, 3.8) is 0 Å². The molecule has 0 saturated carbocycles. The molecule has 0 saturated heterocycles. The van der Waals surface area contributed by atoms with Gasteiger partial charge in [0, 0.05) is 24.6 Å². The van der Waals surface area contributed by atoms with E-state index in [-0.39, 0.29) is 17.7 Å². The lowest BCUT2D eigenvalue weighted by atomic mass is 9.96. The first kappa shape index (κ1) is 17.5. The van der Waals surface area contributed by atoms with Crippen molar-refractivity contribution in [1.29, 1.82) is 0 Å². The SMILES string of the molecule is CNC(=O)c1cccc(OC(F)F)c1[C@H]1CCc2nc3ccc(C)cc3n21. The van der Waals surface area contributed by atoms with Gasteiger partial charge in [-0.3, -0.25) is 4.79 Å². The Balaban J connectivity index is 1.94. The van der Waals surface area contributed by atoms with Crippen LogP contribution in [0.1, 0.15) is 39.8 Å². The molecular formula is C20H19F2N3O2. The van der Waals surface area contributed by atoms with Gasteiger partial charge < -0.3 is 14.6 Å². The van der Waals surface area contributed by atoms with E-state index in [4.69, 9.17) is 4.74 Å². The number of rotatable bonds is 4. The monoisotopic (exact) mass is 371 g/mol. The van der Waals surface area contributed by atoms with Crippen LogP contribution < -0.4 is 10.1 Å². The number of imidazole rings is 1. The first-order chi connectivity index (χ1) is 13.0. The van der Waals surface area contributed by atoms with Crippen LogP contribution in [0, 0.1) is 6.92 Å². The number of nitrogens with one attached hydrogen (secondary N) is 1. The molecule has 1 aliphatic heterocycles. The molecule has 140 valence electrons. The van der Waals surface area contributed by atoms with Crippen LogP contribution in [0.25, 0.3) is 11.0 Å². The maximum Gasteiger partial charge on any atom is 0.387 e. The van der Waals surface area contributed by atoms with Gasteiger partial charge in [-0.15, -0.1) is 0 Å². The largest absolute Gasteiger partial charge is 0.434 e. The summed E-state index contributed by atoms with van der Waals surface area (Å²) in [5.74, 6) is 0.576. The summed E-state index contributed by atoms with van der Waals surface area (Å²) in [4.78, 5) is 17.1. The van der Waals surface area contributed by atoms with Crippen LogP contribution in [0.15, 0.2) is 36.4 Å². The number of aryl methyl sites for hydroxylation is 2. The van der Waals surface area contributed by atoms with E-state index < -0.39 is 6.61 Å². The Morgan fingerprint density at radius 3 is 2.89 bits per heavy atom. The molecule has 1 aliphatic rings. The van der Waals surface area contributed by atoms with Crippen LogP contribution in [0.4, 0.5) is 8.78 Å². The van der Waals surface area contributed by atoms with Crippen molar-refractivity contribution in [3.8, 4) is 5.75 Å². The van der Waals surface area contributed by atoms with Crippen LogP contribution in [-0.2, 0) is 6.42 Å². The van der Waals surface area contributed by atoms with E-state index in [1.54, 1.807) is 12.1 Å². The summed E-state index contributed by atoms with van der Waals surface area (Å²) in [7, 11) is 1.52. The number of alkyl halides is 2. The number of aromatic nitrogens is 2. The van der Waals surface area contributed by atoms with E-state index in [0.29, 0.717) is 24.0 Å². The predicted molar refractivity (Wildman–Crippen MR) is 97.4 cm³/mol. The molecule has 1 atom stereocenters. The highest BCUT2D eigenvalue weighted by molar-refractivity contribution is 5.96. The lowest BCUT2D eigenvalue weighted by Gasteiger charge is -2.21. The van der Waals surface area contributed by atoms with Gasteiger partial charge in [-0.05, 0) is 43.2 Å². The number of amides is 1. The second-order valence-corrected chi connectivity index (χ2v) is 6.62.